The molecule has 0 amide bonds. The lowest BCUT2D eigenvalue weighted by Crippen LogP contribution is -2.08. The van der Waals surface area contributed by atoms with Crippen molar-refractivity contribution < 1.29 is 5.11 Å². The number of hydrogen-bond donors (Lipinski definition) is 2. The van der Waals surface area contributed by atoms with Gasteiger partial charge >= 0.3 is 0 Å². The number of aryl methyl sites for hydroxylation is 1. The third-order valence-corrected chi connectivity index (χ3v) is 2.10. The minimum absolute atomic E-state index is 0.302. The third-order valence-electron chi connectivity index (χ3n) is 2.10. The quantitative estimate of drug-likeness (QED) is 0.611. The monoisotopic (exact) mass is 161 g/mol. The van der Waals surface area contributed by atoms with Crippen molar-refractivity contribution in [3.05, 3.63) is 36.0 Å². The topological polar surface area (TPSA) is 32.3 Å². The maximum Gasteiger partial charge on any atom is 0.117 e. The average molecular weight is 161 g/mol. The largest absolute Gasteiger partial charge is 0.508 e. The minimum Gasteiger partial charge on any atom is -0.508 e. The van der Waals surface area contributed by atoms with Gasteiger partial charge in [0, 0.05) is 17.5 Å². The summed E-state index contributed by atoms with van der Waals surface area (Å²) in [5, 5.41) is 12.4. The second-order valence-electron chi connectivity index (χ2n) is 3.07. The van der Waals surface area contributed by atoms with Crippen LogP contribution in [0.5, 0.6) is 5.75 Å². The zero-order chi connectivity index (χ0) is 8.55. The summed E-state index contributed by atoms with van der Waals surface area (Å²) < 4.78 is 0. The molecule has 0 fully saturated rings. The van der Waals surface area contributed by atoms with Crippen LogP contribution >= 0.6 is 0 Å². The summed E-state index contributed by atoms with van der Waals surface area (Å²) >= 11 is 0. The Morgan fingerprint density at radius 3 is 3.00 bits per heavy atom. The Morgan fingerprint density at radius 1 is 1.33 bits per heavy atom. The molecule has 0 spiro atoms. The van der Waals surface area contributed by atoms with E-state index in [1.165, 1.54) is 5.56 Å². The lowest BCUT2D eigenvalue weighted by molar-refractivity contribution is 0.475. The Balaban J connectivity index is 2.44. The Kier molecular flexibility index (Phi) is 1.54. The molecule has 0 atom stereocenters. The molecule has 0 saturated carbocycles. The first-order valence-electron chi connectivity index (χ1n) is 4.02. The van der Waals surface area contributed by atoms with Crippen molar-refractivity contribution in [3.63, 3.8) is 0 Å². The van der Waals surface area contributed by atoms with Crippen LogP contribution in [0.1, 0.15) is 12.0 Å². The van der Waals surface area contributed by atoms with Gasteiger partial charge in [-0.15, -0.1) is 0 Å². The van der Waals surface area contributed by atoms with Crippen molar-refractivity contribution >= 4 is 5.69 Å². The zero-order valence-corrected chi connectivity index (χ0v) is 6.80. The highest BCUT2D eigenvalue weighted by Gasteiger charge is 2.10. The zero-order valence-electron chi connectivity index (χ0n) is 6.80. The van der Waals surface area contributed by atoms with Crippen LogP contribution in [0.4, 0.5) is 5.69 Å². The van der Waals surface area contributed by atoms with Gasteiger partial charge in [0.15, 0.2) is 0 Å². The van der Waals surface area contributed by atoms with Gasteiger partial charge in [0.05, 0.1) is 0 Å². The molecule has 2 heteroatoms. The molecule has 0 unspecified atom stereocenters. The molecule has 1 heterocycles. The first kappa shape index (κ1) is 7.22. The average Bonchev–Trinajstić information content (AvgIpc) is 2.03. The molecule has 0 radical (unpaired) electrons. The molecule has 2 nitrogen and oxygen atoms in total. The number of nitrogens with one attached hydrogen (secondary N) is 1. The van der Waals surface area contributed by atoms with Gasteiger partial charge in [-0.1, -0.05) is 12.6 Å². The van der Waals surface area contributed by atoms with E-state index in [9.17, 15) is 5.11 Å². The summed E-state index contributed by atoms with van der Waals surface area (Å²) in [5.74, 6) is 0.302. The maximum atomic E-state index is 9.20. The lowest BCUT2D eigenvalue weighted by atomic mass is 10.0. The van der Waals surface area contributed by atoms with Gasteiger partial charge in [0.2, 0.25) is 0 Å². The molecule has 1 aliphatic rings. The van der Waals surface area contributed by atoms with Crippen molar-refractivity contribution in [2.24, 2.45) is 0 Å². The van der Waals surface area contributed by atoms with E-state index >= 15 is 0 Å². The van der Waals surface area contributed by atoms with Crippen LogP contribution in [0.2, 0.25) is 0 Å². The molecule has 1 aromatic rings. The van der Waals surface area contributed by atoms with E-state index in [4.69, 9.17) is 0 Å². The summed E-state index contributed by atoms with van der Waals surface area (Å²) in [6.07, 6.45) is 2.00. The number of aromatic hydroxyl groups is 1. The first-order valence-corrected chi connectivity index (χ1v) is 4.02. The van der Waals surface area contributed by atoms with Crippen LogP contribution in [0, 0.1) is 0 Å². The van der Waals surface area contributed by atoms with E-state index < -0.39 is 0 Å². The Hall–Kier alpha value is -1.44. The fourth-order valence-corrected chi connectivity index (χ4v) is 1.44. The van der Waals surface area contributed by atoms with E-state index in [1.807, 2.05) is 6.07 Å². The van der Waals surface area contributed by atoms with Gasteiger partial charge in [0.25, 0.3) is 0 Å². The molecule has 2 N–H and O–H groups in total. The molecule has 2 rings (SSSR count). The van der Waals surface area contributed by atoms with E-state index in [-0.39, 0.29) is 0 Å². The second-order valence-corrected chi connectivity index (χ2v) is 3.07. The molecule has 0 bridgehead atoms. The van der Waals surface area contributed by atoms with Crippen molar-refractivity contribution in [1.29, 1.82) is 0 Å². The van der Waals surface area contributed by atoms with Crippen molar-refractivity contribution in [2.75, 3.05) is 5.32 Å². The summed E-state index contributed by atoms with van der Waals surface area (Å²) in [6.45, 7) is 3.85. The number of benzene rings is 1. The maximum absolute atomic E-state index is 9.20. The minimum atomic E-state index is 0.302. The number of rotatable bonds is 0. The van der Waals surface area contributed by atoms with Crippen LogP contribution in [0.15, 0.2) is 30.5 Å². The fraction of sp³-hybridized carbons (Fsp3) is 0.200. The molecule has 12 heavy (non-hydrogen) atoms. The molecule has 62 valence electrons. The highest BCUT2D eigenvalue weighted by Crippen LogP contribution is 2.28. The standard InChI is InChI=1S/C10H11NO/c1-7-2-3-8-4-5-9(12)6-10(8)11-7/h4-6,11-12H,1-3H2. The SMILES string of the molecule is C=C1CCc2ccc(O)cc2N1. The van der Waals surface area contributed by atoms with Gasteiger partial charge in [0.1, 0.15) is 5.75 Å². The third kappa shape index (κ3) is 1.16. The highest BCUT2D eigenvalue weighted by atomic mass is 16.3. The van der Waals surface area contributed by atoms with E-state index in [0.29, 0.717) is 5.75 Å². The highest BCUT2D eigenvalue weighted by molar-refractivity contribution is 5.60. The van der Waals surface area contributed by atoms with Crippen LogP contribution in [-0.4, -0.2) is 5.11 Å². The second kappa shape index (κ2) is 2.55. The van der Waals surface area contributed by atoms with Crippen LogP contribution in [0.3, 0.4) is 0 Å². The predicted molar refractivity (Wildman–Crippen MR) is 49.2 cm³/mol. The number of phenols is 1. The Bertz CT molecular complexity index is 331. The molecular weight excluding hydrogens is 150 g/mol. The van der Waals surface area contributed by atoms with Crippen LogP contribution in [-0.2, 0) is 6.42 Å². The normalized spacial score (nSPS) is 15.2. The Labute approximate surface area is 71.5 Å². The number of fused-ring (bicyclic) bond motifs is 1. The van der Waals surface area contributed by atoms with Crippen molar-refractivity contribution in [1.82, 2.24) is 0 Å². The predicted octanol–water partition coefficient (Wildman–Crippen LogP) is 2.26. The number of hydrogen-bond acceptors (Lipinski definition) is 2. The van der Waals surface area contributed by atoms with Crippen molar-refractivity contribution in [3.8, 4) is 5.75 Å². The van der Waals surface area contributed by atoms with E-state index in [1.54, 1.807) is 12.1 Å². The fourth-order valence-electron chi connectivity index (χ4n) is 1.44. The summed E-state index contributed by atoms with van der Waals surface area (Å²) in [4.78, 5) is 0. The lowest BCUT2D eigenvalue weighted by Gasteiger charge is -2.19. The Morgan fingerprint density at radius 2 is 2.17 bits per heavy atom. The smallest absolute Gasteiger partial charge is 0.117 e. The number of allylic oxidation sites excluding steroid dienone is 1. The molecule has 0 aromatic heterocycles. The van der Waals surface area contributed by atoms with E-state index in [2.05, 4.69) is 11.9 Å². The van der Waals surface area contributed by atoms with E-state index in [0.717, 1.165) is 24.2 Å². The summed E-state index contributed by atoms with van der Waals surface area (Å²) in [5.41, 5.74) is 3.26. The van der Waals surface area contributed by atoms with Crippen molar-refractivity contribution in [2.45, 2.75) is 12.8 Å². The first-order chi connectivity index (χ1) is 5.75. The molecule has 0 aliphatic carbocycles. The number of anilines is 1. The van der Waals surface area contributed by atoms with Crippen LogP contribution in [0.25, 0.3) is 0 Å². The van der Waals surface area contributed by atoms with Gasteiger partial charge in [-0.05, 0) is 24.5 Å². The summed E-state index contributed by atoms with van der Waals surface area (Å²) in [7, 11) is 0. The number of phenolic OH excluding ortho intramolecular Hbond substituents is 1. The van der Waals surface area contributed by atoms with Gasteiger partial charge < -0.3 is 10.4 Å². The molecule has 1 aromatic carbocycles. The summed E-state index contributed by atoms with van der Waals surface area (Å²) in [6, 6.07) is 5.40. The molecule has 0 saturated heterocycles. The van der Waals surface area contributed by atoms with Gasteiger partial charge in [-0.3, -0.25) is 0 Å². The van der Waals surface area contributed by atoms with Crippen LogP contribution < -0.4 is 5.32 Å². The van der Waals surface area contributed by atoms with Gasteiger partial charge in [-0.25, -0.2) is 0 Å². The van der Waals surface area contributed by atoms with Gasteiger partial charge in [-0.2, -0.15) is 0 Å². The molecule has 1 aliphatic heterocycles. The molecular formula is C10H11NO.